The molecule has 5 rings (SSSR count). The Morgan fingerprint density at radius 3 is 2.24 bits per heavy atom. The van der Waals surface area contributed by atoms with Gasteiger partial charge < -0.3 is 9.88 Å². The third-order valence-electron chi connectivity index (χ3n) is 7.72. The summed E-state index contributed by atoms with van der Waals surface area (Å²) in [4.78, 5) is 44.9. The Labute approximate surface area is 215 Å². The van der Waals surface area contributed by atoms with Gasteiger partial charge in [-0.2, -0.15) is 0 Å². The van der Waals surface area contributed by atoms with Crippen molar-refractivity contribution in [1.82, 2.24) is 24.0 Å². The van der Waals surface area contributed by atoms with E-state index in [1.54, 1.807) is 10.9 Å². The van der Waals surface area contributed by atoms with Crippen molar-refractivity contribution < 1.29 is 4.79 Å². The zero-order chi connectivity index (χ0) is 25.9. The number of nitrogens with zero attached hydrogens (tertiary/aromatic N) is 4. The number of imidazole rings is 1. The molecular weight excluding hydrogens is 466 g/mol. The molecule has 0 unspecified atom stereocenters. The smallest absolute Gasteiger partial charge is 0.333 e. The van der Waals surface area contributed by atoms with Crippen molar-refractivity contribution in [2.75, 3.05) is 0 Å². The van der Waals surface area contributed by atoms with Crippen LogP contribution in [0.25, 0.3) is 11.2 Å². The molecule has 1 aliphatic carbocycles. The molecule has 0 aliphatic heterocycles. The van der Waals surface area contributed by atoms with E-state index in [1.807, 2.05) is 60.7 Å². The molecular formula is C29H33N5O3. The van der Waals surface area contributed by atoms with E-state index < -0.39 is 11.2 Å². The molecule has 4 aromatic rings. The molecule has 8 nitrogen and oxygen atoms in total. The second-order valence-electron chi connectivity index (χ2n) is 10.2. The summed E-state index contributed by atoms with van der Waals surface area (Å²) in [6.45, 7) is 4.72. The van der Waals surface area contributed by atoms with Crippen LogP contribution >= 0.6 is 0 Å². The summed E-state index contributed by atoms with van der Waals surface area (Å²) in [5.41, 5.74) is 1.51. The minimum atomic E-state index is -0.536. The summed E-state index contributed by atoms with van der Waals surface area (Å²) in [6.07, 6.45) is 4.72. The highest BCUT2D eigenvalue weighted by molar-refractivity contribution is 5.77. The third-order valence-corrected chi connectivity index (χ3v) is 7.72. The van der Waals surface area contributed by atoms with Crippen LogP contribution in [0.3, 0.4) is 0 Å². The van der Waals surface area contributed by atoms with E-state index in [1.165, 1.54) is 4.57 Å². The average Bonchev–Trinajstić information content (AvgIpc) is 3.32. The number of hydrogen-bond acceptors (Lipinski definition) is 4. The van der Waals surface area contributed by atoms with Crippen LogP contribution in [-0.4, -0.2) is 30.6 Å². The molecule has 192 valence electrons. The molecule has 2 aromatic carbocycles. The lowest BCUT2D eigenvalue weighted by Gasteiger charge is -2.34. The van der Waals surface area contributed by atoms with Gasteiger partial charge in [0.25, 0.3) is 5.56 Å². The quantitative estimate of drug-likeness (QED) is 0.422. The van der Waals surface area contributed by atoms with Crippen LogP contribution in [0.2, 0.25) is 0 Å². The maximum atomic E-state index is 13.7. The lowest BCUT2D eigenvalue weighted by atomic mass is 9.78. The van der Waals surface area contributed by atoms with Gasteiger partial charge in [0, 0.05) is 12.6 Å². The SMILES string of the molecule is C[C@H]1[C@H](C)CCC[C@H]1NC(=O)Cn1c(=O)c2c(ncn2Cc2ccccc2)n(Cc2ccccc2)c1=O. The van der Waals surface area contributed by atoms with Crippen LogP contribution < -0.4 is 16.6 Å². The van der Waals surface area contributed by atoms with Gasteiger partial charge in [-0.25, -0.2) is 14.3 Å². The van der Waals surface area contributed by atoms with Crippen LogP contribution in [0.4, 0.5) is 0 Å². The van der Waals surface area contributed by atoms with Crippen molar-refractivity contribution in [1.29, 1.82) is 0 Å². The number of carbonyl (C=O) groups excluding carboxylic acids is 1. The second kappa shape index (κ2) is 10.6. The van der Waals surface area contributed by atoms with Gasteiger partial charge in [0.15, 0.2) is 11.2 Å². The molecule has 0 saturated heterocycles. The summed E-state index contributed by atoms with van der Waals surface area (Å²) < 4.78 is 4.31. The molecule has 1 aliphatic rings. The Balaban J connectivity index is 1.55. The monoisotopic (exact) mass is 499 g/mol. The van der Waals surface area contributed by atoms with E-state index in [0.29, 0.717) is 29.5 Å². The van der Waals surface area contributed by atoms with E-state index in [0.717, 1.165) is 35.0 Å². The second-order valence-corrected chi connectivity index (χ2v) is 10.2. The highest BCUT2D eigenvalue weighted by Gasteiger charge is 2.29. The zero-order valence-electron chi connectivity index (χ0n) is 21.3. The normalized spacial score (nSPS) is 19.7. The van der Waals surface area contributed by atoms with E-state index >= 15 is 0 Å². The van der Waals surface area contributed by atoms with Gasteiger partial charge in [-0.3, -0.25) is 14.2 Å². The van der Waals surface area contributed by atoms with E-state index in [2.05, 4.69) is 24.1 Å². The average molecular weight is 500 g/mol. The predicted molar refractivity (Wildman–Crippen MR) is 143 cm³/mol. The van der Waals surface area contributed by atoms with Crippen LogP contribution in [0.1, 0.15) is 44.2 Å². The summed E-state index contributed by atoms with van der Waals surface area (Å²) >= 11 is 0. The maximum absolute atomic E-state index is 13.7. The number of rotatable bonds is 7. The highest BCUT2D eigenvalue weighted by Crippen LogP contribution is 2.29. The summed E-state index contributed by atoms with van der Waals surface area (Å²) in [5, 5.41) is 3.10. The largest absolute Gasteiger partial charge is 0.352 e. The first kappa shape index (κ1) is 24.7. The number of aromatic nitrogens is 4. The predicted octanol–water partition coefficient (Wildman–Crippen LogP) is 3.40. The van der Waals surface area contributed by atoms with Crippen molar-refractivity contribution in [3.8, 4) is 0 Å². The van der Waals surface area contributed by atoms with Crippen LogP contribution in [0.15, 0.2) is 76.6 Å². The first-order chi connectivity index (χ1) is 17.9. The fraction of sp³-hybridized carbons (Fsp3) is 0.379. The fourth-order valence-corrected chi connectivity index (χ4v) is 5.37. The molecule has 0 bridgehead atoms. The first-order valence-electron chi connectivity index (χ1n) is 13.0. The van der Waals surface area contributed by atoms with Gasteiger partial charge in [0.1, 0.15) is 6.54 Å². The van der Waals surface area contributed by atoms with Crippen molar-refractivity contribution in [3.63, 3.8) is 0 Å². The molecule has 8 heteroatoms. The third kappa shape index (κ3) is 5.14. The van der Waals surface area contributed by atoms with E-state index in [9.17, 15) is 14.4 Å². The van der Waals surface area contributed by atoms with Crippen molar-refractivity contribution in [2.45, 2.75) is 58.8 Å². The van der Waals surface area contributed by atoms with Gasteiger partial charge >= 0.3 is 5.69 Å². The van der Waals surface area contributed by atoms with Gasteiger partial charge in [-0.15, -0.1) is 0 Å². The zero-order valence-corrected chi connectivity index (χ0v) is 21.3. The Morgan fingerprint density at radius 1 is 0.919 bits per heavy atom. The number of hydrogen-bond donors (Lipinski definition) is 1. The number of nitrogens with one attached hydrogen (secondary N) is 1. The fourth-order valence-electron chi connectivity index (χ4n) is 5.37. The summed E-state index contributed by atoms with van der Waals surface area (Å²) in [6, 6.07) is 19.4. The Hall–Kier alpha value is -3.94. The Bertz CT molecular complexity index is 1500. The minimum absolute atomic E-state index is 0.0471. The van der Waals surface area contributed by atoms with E-state index in [-0.39, 0.29) is 25.0 Å². The highest BCUT2D eigenvalue weighted by atomic mass is 16.2. The Kier molecular flexibility index (Phi) is 7.08. The molecule has 2 aromatic heterocycles. The van der Waals surface area contributed by atoms with Gasteiger partial charge in [-0.1, -0.05) is 87.4 Å². The number of amides is 1. The van der Waals surface area contributed by atoms with Gasteiger partial charge in [0.2, 0.25) is 5.91 Å². The van der Waals surface area contributed by atoms with Crippen LogP contribution in [-0.2, 0) is 24.4 Å². The molecule has 1 N–H and O–H groups in total. The molecule has 1 amide bonds. The lowest BCUT2D eigenvalue weighted by molar-refractivity contribution is -0.123. The molecule has 0 spiro atoms. The molecule has 1 fully saturated rings. The molecule has 37 heavy (non-hydrogen) atoms. The minimum Gasteiger partial charge on any atom is -0.352 e. The topological polar surface area (TPSA) is 90.9 Å². The standard InChI is InChI=1S/C29H33N5O3/c1-20-10-9-15-24(21(20)2)31-25(35)18-34-28(36)26-27(30-19-32(26)16-22-11-5-3-6-12-22)33(29(34)37)17-23-13-7-4-8-14-23/h3-8,11-14,19-21,24H,9-10,15-18H2,1-2H3,(H,31,35)/t20-,21+,24-/m1/s1. The molecule has 1 saturated carbocycles. The number of fused-ring (bicyclic) bond motifs is 1. The summed E-state index contributed by atoms with van der Waals surface area (Å²) in [7, 11) is 0. The maximum Gasteiger partial charge on any atom is 0.333 e. The van der Waals surface area contributed by atoms with Crippen LogP contribution in [0, 0.1) is 11.8 Å². The Morgan fingerprint density at radius 2 is 1.57 bits per heavy atom. The van der Waals surface area contributed by atoms with Crippen molar-refractivity contribution in [2.24, 2.45) is 11.8 Å². The van der Waals surface area contributed by atoms with Gasteiger partial charge in [-0.05, 0) is 29.4 Å². The molecule has 3 atom stereocenters. The number of carbonyl (C=O) groups is 1. The molecule has 2 heterocycles. The number of benzene rings is 2. The van der Waals surface area contributed by atoms with E-state index in [4.69, 9.17) is 0 Å². The van der Waals surface area contributed by atoms with Gasteiger partial charge in [0.05, 0.1) is 12.9 Å². The van der Waals surface area contributed by atoms with Crippen molar-refractivity contribution >= 4 is 17.1 Å². The first-order valence-corrected chi connectivity index (χ1v) is 13.0. The van der Waals surface area contributed by atoms with Crippen molar-refractivity contribution in [3.05, 3.63) is 99.0 Å². The molecule has 0 radical (unpaired) electrons. The lowest BCUT2D eigenvalue weighted by Crippen LogP contribution is -2.48. The van der Waals surface area contributed by atoms with Crippen LogP contribution in [0.5, 0.6) is 0 Å². The summed E-state index contributed by atoms with van der Waals surface area (Å²) in [5.74, 6) is 0.553.